The Morgan fingerprint density at radius 1 is 1.47 bits per heavy atom. The number of hydrogen-bond acceptors (Lipinski definition) is 4. The molecule has 0 heterocycles. The molecule has 1 amide bonds. The van der Waals surface area contributed by atoms with Crippen LogP contribution in [0.25, 0.3) is 0 Å². The van der Waals surface area contributed by atoms with E-state index in [9.17, 15) is 14.0 Å². The van der Waals surface area contributed by atoms with Gasteiger partial charge in [-0.05, 0) is 25.1 Å². The molecule has 17 heavy (non-hydrogen) atoms. The Hall–Kier alpha value is -1.95. The van der Waals surface area contributed by atoms with Crippen LogP contribution in [0.3, 0.4) is 0 Å². The molecule has 1 rings (SSSR count). The van der Waals surface area contributed by atoms with Crippen molar-refractivity contribution in [1.29, 1.82) is 0 Å². The number of hydrogen-bond donors (Lipinski definition) is 2. The van der Waals surface area contributed by atoms with Gasteiger partial charge in [-0.15, -0.1) is 0 Å². The van der Waals surface area contributed by atoms with Crippen molar-refractivity contribution in [3.8, 4) is 0 Å². The Bertz CT molecular complexity index is 446. The van der Waals surface area contributed by atoms with Gasteiger partial charge in [-0.2, -0.15) is 0 Å². The van der Waals surface area contributed by atoms with E-state index in [0.717, 1.165) is 6.07 Å². The average Bonchev–Trinajstić information content (AvgIpc) is 2.30. The van der Waals surface area contributed by atoms with Gasteiger partial charge in [0.2, 0.25) is 5.91 Å². The third-order valence-electron chi connectivity index (χ3n) is 2.06. The summed E-state index contributed by atoms with van der Waals surface area (Å²) in [6, 6.07) is 2.77. The Kier molecular flexibility index (Phi) is 4.17. The maximum atomic E-state index is 13.4. The number of benzene rings is 1. The lowest BCUT2D eigenvalue weighted by Crippen LogP contribution is -2.32. The number of methoxy groups -OCH3 is 1. The van der Waals surface area contributed by atoms with Gasteiger partial charge in [-0.1, -0.05) is 0 Å². The summed E-state index contributed by atoms with van der Waals surface area (Å²) in [6.07, 6.45) is 0. The molecule has 0 aliphatic carbocycles. The van der Waals surface area contributed by atoms with Gasteiger partial charge in [-0.3, -0.25) is 4.79 Å². The minimum absolute atomic E-state index is 0.102. The number of carbonyl (C=O) groups excluding carboxylic acids is 2. The van der Waals surface area contributed by atoms with E-state index >= 15 is 0 Å². The van der Waals surface area contributed by atoms with Gasteiger partial charge < -0.3 is 15.8 Å². The van der Waals surface area contributed by atoms with E-state index < -0.39 is 23.7 Å². The van der Waals surface area contributed by atoms with E-state index in [1.54, 1.807) is 0 Å². The lowest BCUT2D eigenvalue weighted by atomic mass is 10.2. The molecule has 5 nitrogen and oxygen atoms in total. The molecule has 0 saturated heterocycles. The smallest absolute Gasteiger partial charge is 0.337 e. The van der Waals surface area contributed by atoms with Gasteiger partial charge in [0.25, 0.3) is 0 Å². The first kappa shape index (κ1) is 13.1. The maximum absolute atomic E-state index is 13.4. The number of ether oxygens (including phenoxy) is 1. The molecule has 0 aliphatic rings. The minimum atomic E-state index is -0.767. The summed E-state index contributed by atoms with van der Waals surface area (Å²) in [4.78, 5) is 22.5. The van der Waals surface area contributed by atoms with Crippen molar-refractivity contribution in [3.63, 3.8) is 0 Å². The number of halogens is 1. The molecule has 1 atom stereocenters. The summed E-state index contributed by atoms with van der Waals surface area (Å²) in [7, 11) is 1.21. The standard InChI is InChI=1S/C11H13FN2O3/c1-6(13)10(15)14-9-5-7(11(16)17-2)3-4-8(9)12/h3-6H,13H2,1-2H3,(H,14,15). The molecule has 1 unspecified atom stereocenters. The van der Waals surface area contributed by atoms with Crippen LogP contribution in [-0.2, 0) is 9.53 Å². The van der Waals surface area contributed by atoms with Crippen molar-refractivity contribution in [3.05, 3.63) is 29.6 Å². The summed E-state index contributed by atoms with van der Waals surface area (Å²) in [5.41, 5.74) is 5.38. The third-order valence-corrected chi connectivity index (χ3v) is 2.06. The van der Waals surface area contributed by atoms with Crippen LogP contribution < -0.4 is 11.1 Å². The molecular weight excluding hydrogens is 227 g/mol. The van der Waals surface area contributed by atoms with Crippen molar-refractivity contribution in [2.75, 3.05) is 12.4 Å². The molecule has 1 aromatic carbocycles. The Morgan fingerprint density at radius 2 is 2.12 bits per heavy atom. The molecule has 92 valence electrons. The van der Waals surface area contributed by atoms with E-state index in [0.29, 0.717) is 0 Å². The normalized spacial score (nSPS) is 11.8. The van der Waals surface area contributed by atoms with Crippen LogP contribution in [-0.4, -0.2) is 25.0 Å². The second-order valence-electron chi connectivity index (χ2n) is 3.46. The number of anilines is 1. The lowest BCUT2D eigenvalue weighted by Gasteiger charge is -2.09. The predicted molar refractivity (Wildman–Crippen MR) is 60.0 cm³/mol. The second kappa shape index (κ2) is 5.40. The van der Waals surface area contributed by atoms with Crippen LogP contribution in [0.5, 0.6) is 0 Å². The summed E-state index contributed by atoms with van der Waals surface area (Å²) in [6.45, 7) is 1.47. The number of nitrogens with one attached hydrogen (secondary N) is 1. The quantitative estimate of drug-likeness (QED) is 0.769. The monoisotopic (exact) mass is 240 g/mol. The zero-order valence-corrected chi connectivity index (χ0v) is 9.49. The molecule has 0 aliphatic heterocycles. The van der Waals surface area contributed by atoms with Gasteiger partial charge in [0.15, 0.2) is 0 Å². The molecule has 0 spiro atoms. The first-order valence-corrected chi connectivity index (χ1v) is 4.90. The molecule has 1 aromatic rings. The fourth-order valence-electron chi connectivity index (χ4n) is 1.11. The van der Waals surface area contributed by atoms with Gasteiger partial charge in [0.05, 0.1) is 24.4 Å². The third kappa shape index (κ3) is 3.25. The highest BCUT2D eigenvalue weighted by Crippen LogP contribution is 2.17. The highest BCUT2D eigenvalue weighted by Gasteiger charge is 2.13. The van der Waals surface area contributed by atoms with E-state index in [1.807, 2.05) is 0 Å². The van der Waals surface area contributed by atoms with Gasteiger partial charge >= 0.3 is 5.97 Å². The zero-order chi connectivity index (χ0) is 13.0. The van der Waals surface area contributed by atoms with Crippen molar-refractivity contribution < 1.29 is 18.7 Å². The van der Waals surface area contributed by atoms with Crippen molar-refractivity contribution in [2.45, 2.75) is 13.0 Å². The van der Waals surface area contributed by atoms with Gasteiger partial charge in [-0.25, -0.2) is 9.18 Å². The van der Waals surface area contributed by atoms with Crippen molar-refractivity contribution in [2.24, 2.45) is 5.73 Å². The lowest BCUT2D eigenvalue weighted by molar-refractivity contribution is -0.117. The van der Waals surface area contributed by atoms with Crippen molar-refractivity contribution >= 4 is 17.6 Å². The number of amides is 1. The molecular formula is C11H13FN2O3. The summed E-state index contributed by atoms with van der Waals surface area (Å²) in [5, 5.41) is 2.28. The van der Waals surface area contributed by atoms with Crippen LogP contribution in [0.1, 0.15) is 17.3 Å². The molecule has 0 bridgehead atoms. The van der Waals surface area contributed by atoms with Crippen LogP contribution in [0, 0.1) is 5.82 Å². The predicted octanol–water partition coefficient (Wildman–Crippen LogP) is 0.898. The highest BCUT2D eigenvalue weighted by molar-refractivity contribution is 5.96. The topological polar surface area (TPSA) is 81.4 Å². The SMILES string of the molecule is COC(=O)c1ccc(F)c(NC(=O)C(C)N)c1. The number of carbonyl (C=O) groups is 2. The first-order valence-electron chi connectivity index (χ1n) is 4.90. The highest BCUT2D eigenvalue weighted by atomic mass is 19.1. The van der Waals surface area contributed by atoms with Crippen LogP contribution in [0.2, 0.25) is 0 Å². The summed E-state index contributed by atoms with van der Waals surface area (Å²) < 4.78 is 17.8. The van der Waals surface area contributed by atoms with E-state index in [4.69, 9.17) is 5.73 Å². The molecule has 0 radical (unpaired) electrons. The van der Waals surface area contributed by atoms with Crippen molar-refractivity contribution in [1.82, 2.24) is 0 Å². The Morgan fingerprint density at radius 3 is 2.65 bits per heavy atom. The zero-order valence-electron chi connectivity index (χ0n) is 9.49. The first-order chi connectivity index (χ1) is 7.95. The molecule has 0 saturated carbocycles. The molecule has 6 heteroatoms. The fourth-order valence-corrected chi connectivity index (χ4v) is 1.11. The van der Waals surface area contributed by atoms with Crippen LogP contribution in [0.15, 0.2) is 18.2 Å². The maximum Gasteiger partial charge on any atom is 0.337 e. The molecule has 3 N–H and O–H groups in total. The number of esters is 1. The molecule has 0 fully saturated rings. The average molecular weight is 240 g/mol. The Labute approximate surface area is 97.7 Å². The van der Waals surface area contributed by atoms with E-state index in [2.05, 4.69) is 10.1 Å². The van der Waals surface area contributed by atoms with E-state index in [-0.39, 0.29) is 11.3 Å². The van der Waals surface area contributed by atoms with Crippen LogP contribution >= 0.6 is 0 Å². The van der Waals surface area contributed by atoms with E-state index in [1.165, 1.54) is 26.2 Å². The molecule has 0 aromatic heterocycles. The van der Waals surface area contributed by atoms with Gasteiger partial charge in [0.1, 0.15) is 5.82 Å². The number of nitrogens with two attached hydrogens (primary N) is 1. The Balaban J connectivity index is 2.99. The summed E-state index contributed by atoms with van der Waals surface area (Å²) in [5.74, 6) is -1.79. The largest absolute Gasteiger partial charge is 0.465 e. The minimum Gasteiger partial charge on any atom is -0.465 e. The number of rotatable bonds is 3. The summed E-state index contributed by atoms with van der Waals surface area (Å²) >= 11 is 0. The van der Waals surface area contributed by atoms with Crippen LogP contribution in [0.4, 0.5) is 10.1 Å². The van der Waals surface area contributed by atoms with Gasteiger partial charge in [0, 0.05) is 0 Å². The second-order valence-corrected chi connectivity index (χ2v) is 3.46. The fraction of sp³-hybridized carbons (Fsp3) is 0.273.